The summed E-state index contributed by atoms with van der Waals surface area (Å²) in [4.78, 5) is 15.0. The van der Waals surface area contributed by atoms with Crippen LogP contribution >= 0.6 is 0 Å². The largest absolute Gasteiger partial charge is 0.497 e. The normalized spacial score (nSPS) is 25.0. The zero-order valence-electron chi connectivity index (χ0n) is 14.1. The highest BCUT2D eigenvalue weighted by atomic mass is 16.5. The molecule has 0 spiro atoms. The summed E-state index contributed by atoms with van der Waals surface area (Å²) in [5, 5.41) is 3.60. The summed E-state index contributed by atoms with van der Waals surface area (Å²) in [5.41, 5.74) is 1.08. The standard InChI is InChI=1S/C19H28N2O2/c1-23-16-11-9-15(10-12-16)20-18-8-4-3-7-17(18)19(22)21-13-5-2-6-14-21/h9-12,17-18,20H,2-8,13-14H2,1H3/t17-,18-/m1/s1. The molecule has 2 aliphatic rings. The van der Waals surface area contributed by atoms with E-state index in [0.29, 0.717) is 5.91 Å². The molecule has 1 aliphatic heterocycles. The van der Waals surface area contributed by atoms with Crippen molar-refractivity contribution in [2.24, 2.45) is 5.92 Å². The highest BCUT2D eigenvalue weighted by Crippen LogP contribution is 2.30. The van der Waals surface area contributed by atoms with Crippen LogP contribution in [-0.2, 0) is 4.79 Å². The average molecular weight is 316 g/mol. The fourth-order valence-corrected chi connectivity index (χ4v) is 3.85. The maximum Gasteiger partial charge on any atom is 0.227 e. The smallest absolute Gasteiger partial charge is 0.227 e. The number of carbonyl (C=O) groups is 1. The van der Waals surface area contributed by atoms with Gasteiger partial charge >= 0.3 is 0 Å². The summed E-state index contributed by atoms with van der Waals surface area (Å²) in [5.74, 6) is 1.36. The second kappa shape index (κ2) is 7.71. The minimum atomic E-state index is 0.129. The van der Waals surface area contributed by atoms with E-state index in [9.17, 15) is 4.79 Å². The Morgan fingerprint density at radius 3 is 2.43 bits per heavy atom. The van der Waals surface area contributed by atoms with Crippen molar-refractivity contribution in [1.82, 2.24) is 4.90 Å². The van der Waals surface area contributed by atoms with Gasteiger partial charge in [-0.05, 0) is 56.4 Å². The molecule has 23 heavy (non-hydrogen) atoms. The van der Waals surface area contributed by atoms with Crippen LogP contribution in [0.15, 0.2) is 24.3 Å². The van der Waals surface area contributed by atoms with Crippen LogP contribution in [0.3, 0.4) is 0 Å². The number of benzene rings is 1. The first-order valence-electron chi connectivity index (χ1n) is 8.97. The first-order chi connectivity index (χ1) is 11.3. The monoisotopic (exact) mass is 316 g/mol. The minimum Gasteiger partial charge on any atom is -0.497 e. The maximum absolute atomic E-state index is 12.9. The predicted molar refractivity (Wildman–Crippen MR) is 92.8 cm³/mol. The summed E-state index contributed by atoms with van der Waals surface area (Å²) < 4.78 is 5.21. The number of hydrogen-bond donors (Lipinski definition) is 1. The Morgan fingerprint density at radius 1 is 1.04 bits per heavy atom. The van der Waals surface area contributed by atoms with Crippen LogP contribution in [0.1, 0.15) is 44.9 Å². The van der Waals surface area contributed by atoms with Gasteiger partial charge in [-0.15, -0.1) is 0 Å². The second-order valence-electron chi connectivity index (χ2n) is 6.76. The lowest BCUT2D eigenvalue weighted by Crippen LogP contribution is -2.46. The molecule has 2 fully saturated rings. The molecule has 1 aromatic rings. The third-order valence-corrected chi connectivity index (χ3v) is 5.19. The first-order valence-corrected chi connectivity index (χ1v) is 8.97. The Hall–Kier alpha value is -1.71. The fourth-order valence-electron chi connectivity index (χ4n) is 3.85. The van der Waals surface area contributed by atoms with Crippen LogP contribution in [0.25, 0.3) is 0 Å². The van der Waals surface area contributed by atoms with E-state index in [4.69, 9.17) is 4.74 Å². The van der Waals surface area contributed by atoms with Crippen LogP contribution in [0.4, 0.5) is 5.69 Å². The summed E-state index contributed by atoms with van der Waals surface area (Å²) in [6, 6.07) is 8.26. The van der Waals surface area contributed by atoms with Crippen molar-refractivity contribution < 1.29 is 9.53 Å². The van der Waals surface area contributed by atoms with E-state index in [0.717, 1.165) is 50.2 Å². The Bertz CT molecular complexity index is 509. The number of ether oxygens (including phenoxy) is 1. The molecule has 1 aliphatic carbocycles. The highest BCUT2D eigenvalue weighted by Gasteiger charge is 2.34. The zero-order chi connectivity index (χ0) is 16.1. The molecule has 2 atom stereocenters. The van der Waals surface area contributed by atoms with Crippen LogP contribution in [0.2, 0.25) is 0 Å². The Kier molecular flexibility index (Phi) is 5.42. The number of nitrogens with zero attached hydrogens (tertiary/aromatic N) is 1. The molecule has 1 saturated heterocycles. The van der Waals surface area contributed by atoms with Crippen molar-refractivity contribution in [3.05, 3.63) is 24.3 Å². The highest BCUT2D eigenvalue weighted by molar-refractivity contribution is 5.80. The molecular weight excluding hydrogens is 288 g/mol. The van der Waals surface area contributed by atoms with Gasteiger partial charge in [0.05, 0.1) is 13.0 Å². The number of rotatable bonds is 4. The van der Waals surface area contributed by atoms with E-state index in [-0.39, 0.29) is 12.0 Å². The lowest BCUT2D eigenvalue weighted by atomic mass is 9.83. The molecule has 4 nitrogen and oxygen atoms in total. The minimum absolute atomic E-state index is 0.129. The fraction of sp³-hybridized carbons (Fsp3) is 0.632. The molecule has 0 bridgehead atoms. The second-order valence-corrected chi connectivity index (χ2v) is 6.76. The number of anilines is 1. The van der Waals surface area contributed by atoms with Gasteiger partial charge in [0.2, 0.25) is 5.91 Å². The lowest BCUT2D eigenvalue weighted by molar-refractivity contribution is -0.137. The Balaban J connectivity index is 1.66. The molecule has 1 heterocycles. The van der Waals surface area contributed by atoms with Gasteiger partial charge in [0.25, 0.3) is 0 Å². The molecule has 1 aromatic carbocycles. The topological polar surface area (TPSA) is 41.6 Å². The van der Waals surface area contributed by atoms with Crippen molar-refractivity contribution in [2.45, 2.75) is 51.0 Å². The van der Waals surface area contributed by atoms with E-state index in [1.165, 1.54) is 19.3 Å². The molecular formula is C19H28N2O2. The van der Waals surface area contributed by atoms with Gasteiger partial charge in [0.1, 0.15) is 5.75 Å². The Labute approximate surface area is 139 Å². The molecule has 4 heteroatoms. The average Bonchev–Trinajstić information content (AvgIpc) is 2.63. The summed E-state index contributed by atoms with van der Waals surface area (Å²) in [6.45, 7) is 1.90. The van der Waals surface area contributed by atoms with E-state index < -0.39 is 0 Å². The van der Waals surface area contributed by atoms with Crippen molar-refractivity contribution in [1.29, 1.82) is 0 Å². The molecule has 3 rings (SSSR count). The van der Waals surface area contributed by atoms with Crippen molar-refractivity contribution in [3.63, 3.8) is 0 Å². The molecule has 126 valence electrons. The van der Waals surface area contributed by atoms with Crippen LogP contribution in [0.5, 0.6) is 5.75 Å². The van der Waals surface area contributed by atoms with Gasteiger partial charge in [0, 0.05) is 24.8 Å². The SMILES string of the molecule is COc1ccc(N[C@@H]2CCCC[C@H]2C(=O)N2CCCCC2)cc1. The number of carbonyl (C=O) groups excluding carboxylic acids is 1. The lowest BCUT2D eigenvalue weighted by Gasteiger charge is -2.37. The number of likely N-dealkylation sites (tertiary alicyclic amines) is 1. The van der Waals surface area contributed by atoms with Crippen LogP contribution in [0, 0.1) is 5.92 Å². The van der Waals surface area contributed by atoms with Gasteiger partial charge in [0.15, 0.2) is 0 Å². The van der Waals surface area contributed by atoms with Crippen LogP contribution in [-0.4, -0.2) is 37.0 Å². The van der Waals surface area contributed by atoms with E-state index >= 15 is 0 Å². The van der Waals surface area contributed by atoms with Gasteiger partial charge in [-0.3, -0.25) is 4.79 Å². The third kappa shape index (κ3) is 3.98. The number of piperidine rings is 1. The van der Waals surface area contributed by atoms with E-state index in [2.05, 4.69) is 10.2 Å². The molecule has 0 radical (unpaired) electrons. The predicted octanol–water partition coefficient (Wildman–Crippen LogP) is 3.68. The third-order valence-electron chi connectivity index (χ3n) is 5.19. The van der Waals surface area contributed by atoms with Gasteiger partial charge < -0.3 is 15.0 Å². The number of nitrogens with one attached hydrogen (secondary N) is 1. The van der Waals surface area contributed by atoms with Gasteiger partial charge in [-0.25, -0.2) is 0 Å². The van der Waals surface area contributed by atoms with Gasteiger partial charge in [-0.2, -0.15) is 0 Å². The molecule has 0 aromatic heterocycles. The van der Waals surface area contributed by atoms with Crippen molar-refractivity contribution >= 4 is 11.6 Å². The number of hydrogen-bond acceptors (Lipinski definition) is 3. The molecule has 1 amide bonds. The first kappa shape index (κ1) is 16.2. The maximum atomic E-state index is 12.9. The summed E-state index contributed by atoms with van der Waals surface area (Å²) in [7, 11) is 1.68. The van der Waals surface area contributed by atoms with Crippen LogP contribution < -0.4 is 10.1 Å². The van der Waals surface area contributed by atoms with E-state index in [1.54, 1.807) is 7.11 Å². The molecule has 1 N–H and O–H groups in total. The summed E-state index contributed by atoms with van der Waals surface area (Å²) in [6.07, 6.45) is 8.06. The number of amides is 1. The summed E-state index contributed by atoms with van der Waals surface area (Å²) >= 11 is 0. The number of methoxy groups -OCH3 is 1. The molecule has 0 unspecified atom stereocenters. The zero-order valence-corrected chi connectivity index (χ0v) is 14.1. The van der Waals surface area contributed by atoms with Crippen molar-refractivity contribution in [3.8, 4) is 5.75 Å². The van der Waals surface area contributed by atoms with E-state index in [1.807, 2.05) is 24.3 Å². The van der Waals surface area contributed by atoms with Gasteiger partial charge in [-0.1, -0.05) is 12.8 Å². The Morgan fingerprint density at radius 2 is 1.74 bits per heavy atom. The quantitative estimate of drug-likeness (QED) is 0.921. The van der Waals surface area contributed by atoms with Crippen molar-refractivity contribution in [2.75, 3.05) is 25.5 Å². The molecule has 1 saturated carbocycles.